The van der Waals surface area contributed by atoms with Gasteiger partial charge >= 0.3 is 0 Å². The maximum atomic E-state index is 13.5. The molecule has 0 saturated carbocycles. The van der Waals surface area contributed by atoms with Crippen LogP contribution < -0.4 is 20.1 Å². The lowest BCUT2D eigenvalue weighted by Crippen LogP contribution is -2.49. The molecule has 2 unspecified atom stereocenters. The van der Waals surface area contributed by atoms with Crippen molar-refractivity contribution in [3.8, 4) is 11.5 Å². The average Bonchev–Trinajstić information content (AvgIpc) is 2.73. The maximum Gasteiger partial charge on any atom is 0.265 e. The summed E-state index contributed by atoms with van der Waals surface area (Å²) in [6.45, 7) is 3.57. The van der Waals surface area contributed by atoms with Crippen LogP contribution in [0.1, 0.15) is 28.9 Å². The van der Waals surface area contributed by atoms with Gasteiger partial charge in [0.15, 0.2) is 11.9 Å². The normalized spacial score (nSPS) is 21.4. The summed E-state index contributed by atoms with van der Waals surface area (Å²) in [6.07, 6.45) is -0.644. The van der Waals surface area contributed by atoms with Crippen LogP contribution in [-0.2, 0) is 4.79 Å². The number of amides is 2. The maximum absolute atomic E-state index is 13.5. The lowest BCUT2D eigenvalue weighted by molar-refractivity contribution is -0.122. The Kier molecular flexibility index (Phi) is 4.92. The summed E-state index contributed by atoms with van der Waals surface area (Å²) in [5, 5.41) is 6.16. The second-order valence-electron chi connectivity index (χ2n) is 6.89. The molecule has 2 atom stereocenters. The number of nitrogens with zero attached hydrogens (tertiary/aromatic N) is 1. The SMILES string of the molecule is COc1ccccc1C1CNCCN1C(=O)c1cccc2c1OC(C)C(=O)N2. The Morgan fingerprint density at radius 1 is 1.21 bits per heavy atom. The van der Waals surface area contributed by atoms with E-state index in [9.17, 15) is 9.59 Å². The molecule has 7 heteroatoms. The van der Waals surface area contributed by atoms with Crippen LogP contribution in [0.25, 0.3) is 0 Å². The Labute approximate surface area is 163 Å². The Morgan fingerprint density at radius 3 is 2.86 bits per heavy atom. The number of anilines is 1. The summed E-state index contributed by atoms with van der Waals surface area (Å²) in [6, 6.07) is 12.8. The molecule has 2 heterocycles. The number of para-hydroxylation sites is 2. The van der Waals surface area contributed by atoms with Gasteiger partial charge < -0.3 is 25.0 Å². The van der Waals surface area contributed by atoms with Gasteiger partial charge in [0, 0.05) is 25.2 Å². The van der Waals surface area contributed by atoms with E-state index in [0.29, 0.717) is 36.6 Å². The summed E-state index contributed by atoms with van der Waals surface area (Å²) < 4.78 is 11.3. The van der Waals surface area contributed by atoms with Gasteiger partial charge in [0.2, 0.25) is 0 Å². The topological polar surface area (TPSA) is 79.9 Å². The van der Waals surface area contributed by atoms with E-state index >= 15 is 0 Å². The number of piperazine rings is 1. The highest BCUT2D eigenvalue weighted by Crippen LogP contribution is 2.37. The van der Waals surface area contributed by atoms with Gasteiger partial charge in [0.25, 0.3) is 11.8 Å². The Hall–Kier alpha value is -3.06. The minimum absolute atomic E-state index is 0.127. The van der Waals surface area contributed by atoms with Crippen LogP contribution in [0.5, 0.6) is 11.5 Å². The molecule has 0 spiro atoms. The van der Waals surface area contributed by atoms with Crippen LogP contribution in [0.4, 0.5) is 5.69 Å². The van der Waals surface area contributed by atoms with Crippen molar-refractivity contribution >= 4 is 17.5 Å². The smallest absolute Gasteiger partial charge is 0.265 e. The quantitative estimate of drug-likeness (QED) is 0.852. The van der Waals surface area contributed by atoms with E-state index in [1.165, 1.54) is 0 Å². The van der Waals surface area contributed by atoms with Crippen LogP contribution in [0.2, 0.25) is 0 Å². The van der Waals surface area contributed by atoms with Crippen LogP contribution in [0.3, 0.4) is 0 Å². The minimum atomic E-state index is -0.644. The summed E-state index contributed by atoms with van der Waals surface area (Å²) in [7, 11) is 1.63. The van der Waals surface area contributed by atoms with Gasteiger partial charge in [-0.15, -0.1) is 0 Å². The number of carbonyl (C=O) groups is 2. The summed E-state index contributed by atoms with van der Waals surface area (Å²) in [4.78, 5) is 27.2. The fraction of sp³-hybridized carbons (Fsp3) is 0.333. The van der Waals surface area contributed by atoms with Gasteiger partial charge in [-0.1, -0.05) is 24.3 Å². The number of methoxy groups -OCH3 is 1. The molecule has 7 nitrogen and oxygen atoms in total. The van der Waals surface area contributed by atoms with Crippen molar-refractivity contribution in [3.05, 3.63) is 53.6 Å². The summed E-state index contributed by atoms with van der Waals surface area (Å²) >= 11 is 0. The monoisotopic (exact) mass is 381 g/mol. The lowest BCUT2D eigenvalue weighted by atomic mass is 10.00. The van der Waals surface area contributed by atoms with Crippen LogP contribution in [0, 0.1) is 0 Å². The fourth-order valence-electron chi connectivity index (χ4n) is 3.72. The Balaban J connectivity index is 1.71. The molecule has 2 amide bonds. The molecule has 0 bridgehead atoms. The van der Waals surface area contributed by atoms with Gasteiger partial charge in [-0.2, -0.15) is 0 Å². The van der Waals surface area contributed by atoms with E-state index in [0.717, 1.165) is 11.3 Å². The molecule has 0 aliphatic carbocycles. The lowest BCUT2D eigenvalue weighted by Gasteiger charge is -2.37. The number of hydrogen-bond acceptors (Lipinski definition) is 5. The Bertz CT molecular complexity index is 914. The largest absolute Gasteiger partial charge is 0.496 e. The molecule has 1 fully saturated rings. The van der Waals surface area contributed by atoms with Crippen molar-refractivity contribution in [2.24, 2.45) is 0 Å². The van der Waals surface area contributed by atoms with E-state index in [1.54, 1.807) is 32.2 Å². The predicted octanol–water partition coefficient (Wildman–Crippen LogP) is 2.20. The molecular formula is C21H23N3O4. The number of benzene rings is 2. The molecule has 4 rings (SSSR count). The number of fused-ring (bicyclic) bond motifs is 1. The highest BCUT2D eigenvalue weighted by molar-refractivity contribution is 6.04. The molecule has 2 aromatic carbocycles. The molecule has 1 saturated heterocycles. The minimum Gasteiger partial charge on any atom is -0.496 e. The third-order valence-corrected chi connectivity index (χ3v) is 5.17. The second kappa shape index (κ2) is 7.52. The molecule has 28 heavy (non-hydrogen) atoms. The predicted molar refractivity (Wildman–Crippen MR) is 105 cm³/mol. The van der Waals surface area contributed by atoms with Gasteiger partial charge in [-0.3, -0.25) is 9.59 Å². The highest BCUT2D eigenvalue weighted by Gasteiger charge is 2.34. The molecule has 2 N–H and O–H groups in total. The zero-order chi connectivity index (χ0) is 19.7. The standard InChI is InChI=1S/C21H23N3O4/c1-13-20(25)23-16-8-5-7-15(19(16)28-13)21(26)24-11-10-22-12-17(24)14-6-3-4-9-18(14)27-2/h3-9,13,17,22H,10-12H2,1-2H3,(H,23,25). The third kappa shape index (κ3) is 3.18. The number of hydrogen-bond donors (Lipinski definition) is 2. The van der Waals surface area contributed by atoms with Crippen molar-refractivity contribution in [2.45, 2.75) is 19.1 Å². The van der Waals surface area contributed by atoms with E-state index in [4.69, 9.17) is 9.47 Å². The van der Waals surface area contributed by atoms with Crippen molar-refractivity contribution < 1.29 is 19.1 Å². The van der Waals surface area contributed by atoms with Crippen molar-refractivity contribution in [1.82, 2.24) is 10.2 Å². The number of rotatable bonds is 3. The molecular weight excluding hydrogens is 358 g/mol. The van der Waals surface area contributed by atoms with E-state index < -0.39 is 6.10 Å². The number of carbonyl (C=O) groups excluding carboxylic acids is 2. The number of nitrogens with one attached hydrogen (secondary N) is 2. The first-order valence-electron chi connectivity index (χ1n) is 9.35. The van der Waals surface area contributed by atoms with Gasteiger partial charge in [-0.05, 0) is 25.1 Å². The van der Waals surface area contributed by atoms with Gasteiger partial charge in [0.1, 0.15) is 5.75 Å². The Morgan fingerprint density at radius 2 is 2.04 bits per heavy atom. The van der Waals surface area contributed by atoms with E-state index in [-0.39, 0.29) is 17.9 Å². The highest BCUT2D eigenvalue weighted by atomic mass is 16.5. The van der Waals surface area contributed by atoms with Crippen molar-refractivity contribution in [3.63, 3.8) is 0 Å². The first kappa shape index (κ1) is 18.3. The first-order valence-corrected chi connectivity index (χ1v) is 9.35. The zero-order valence-electron chi connectivity index (χ0n) is 15.9. The van der Waals surface area contributed by atoms with Crippen LogP contribution in [-0.4, -0.2) is 49.6 Å². The van der Waals surface area contributed by atoms with Gasteiger partial charge in [0.05, 0.1) is 24.4 Å². The molecule has 2 aromatic rings. The van der Waals surface area contributed by atoms with Crippen molar-refractivity contribution in [2.75, 3.05) is 32.1 Å². The van der Waals surface area contributed by atoms with Crippen molar-refractivity contribution in [1.29, 1.82) is 0 Å². The third-order valence-electron chi connectivity index (χ3n) is 5.17. The van der Waals surface area contributed by atoms with E-state index in [2.05, 4.69) is 10.6 Å². The summed E-state index contributed by atoms with van der Waals surface area (Å²) in [5.41, 5.74) is 1.93. The molecule has 2 aliphatic heterocycles. The number of ether oxygens (including phenoxy) is 2. The molecule has 0 radical (unpaired) electrons. The molecule has 0 aromatic heterocycles. The van der Waals surface area contributed by atoms with Crippen LogP contribution in [0.15, 0.2) is 42.5 Å². The zero-order valence-corrected chi connectivity index (χ0v) is 15.9. The van der Waals surface area contributed by atoms with Crippen LogP contribution >= 0.6 is 0 Å². The van der Waals surface area contributed by atoms with Gasteiger partial charge in [-0.25, -0.2) is 0 Å². The average molecular weight is 381 g/mol. The second-order valence-corrected chi connectivity index (χ2v) is 6.89. The first-order chi connectivity index (χ1) is 13.6. The molecule has 146 valence electrons. The molecule has 2 aliphatic rings. The summed E-state index contributed by atoms with van der Waals surface area (Å²) in [5.74, 6) is 0.835. The van der Waals surface area contributed by atoms with E-state index in [1.807, 2.05) is 29.2 Å². The fourth-order valence-corrected chi connectivity index (χ4v) is 3.72.